The maximum absolute atomic E-state index is 11.9. The molecule has 0 amide bonds. The molecule has 0 saturated carbocycles. The topological polar surface area (TPSA) is 44.5 Å². The monoisotopic (exact) mass is 277 g/mol. The van der Waals surface area contributed by atoms with E-state index in [-0.39, 0.29) is 13.0 Å². The van der Waals surface area contributed by atoms with Crippen LogP contribution in [-0.2, 0) is 0 Å². The molecule has 0 radical (unpaired) electrons. The number of nitrogens with two attached hydrogens (primary N) is 1. The zero-order valence-electron chi connectivity index (χ0n) is 10.8. The van der Waals surface area contributed by atoms with Gasteiger partial charge in [0.2, 0.25) is 0 Å². The van der Waals surface area contributed by atoms with Gasteiger partial charge in [-0.2, -0.15) is 13.2 Å². The first-order chi connectivity index (χ1) is 8.92. The van der Waals surface area contributed by atoms with Gasteiger partial charge < -0.3 is 15.2 Å². The Morgan fingerprint density at radius 3 is 2.53 bits per heavy atom. The molecular formula is C13H18F3NO2. The second kappa shape index (κ2) is 7.11. The van der Waals surface area contributed by atoms with E-state index in [2.05, 4.69) is 0 Å². The predicted octanol–water partition coefficient (Wildman–Crippen LogP) is 3.78. The Balaban J connectivity index is 2.45. The Kier molecular flexibility index (Phi) is 5.79. The lowest BCUT2D eigenvalue weighted by Gasteiger charge is -2.11. The van der Waals surface area contributed by atoms with Crippen molar-refractivity contribution in [2.24, 2.45) is 0 Å². The molecule has 2 N–H and O–H groups in total. The maximum atomic E-state index is 11.9. The summed E-state index contributed by atoms with van der Waals surface area (Å²) in [5, 5.41) is 0. The summed E-state index contributed by atoms with van der Waals surface area (Å²) in [5.74, 6) is 0.956. The molecule has 0 unspecified atom stereocenters. The van der Waals surface area contributed by atoms with Crippen molar-refractivity contribution in [3.05, 3.63) is 18.2 Å². The molecule has 3 nitrogen and oxygen atoms in total. The van der Waals surface area contributed by atoms with Crippen molar-refractivity contribution in [1.82, 2.24) is 0 Å². The van der Waals surface area contributed by atoms with Crippen LogP contribution in [0.5, 0.6) is 11.5 Å². The summed E-state index contributed by atoms with van der Waals surface area (Å²) in [6.45, 7) is 2.51. The van der Waals surface area contributed by atoms with Crippen LogP contribution in [0.3, 0.4) is 0 Å². The summed E-state index contributed by atoms with van der Waals surface area (Å²) in [7, 11) is 0. The van der Waals surface area contributed by atoms with E-state index in [0.717, 1.165) is 6.42 Å². The number of ether oxygens (including phenoxy) is 2. The number of hydrogen-bond acceptors (Lipinski definition) is 3. The fourth-order valence-corrected chi connectivity index (χ4v) is 1.40. The molecule has 108 valence electrons. The standard InChI is InChI=1S/C13H18F3NO2/c1-2-7-19-12-9-10(4-5-11(12)17)18-8-3-6-13(14,15)16/h4-5,9H,2-3,6-8,17H2,1H3. The van der Waals surface area contributed by atoms with Crippen LogP contribution in [0, 0.1) is 0 Å². The third kappa shape index (κ3) is 6.22. The maximum Gasteiger partial charge on any atom is 0.389 e. The van der Waals surface area contributed by atoms with Gasteiger partial charge in [-0.25, -0.2) is 0 Å². The zero-order chi connectivity index (χ0) is 14.3. The van der Waals surface area contributed by atoms with Crippen LogP contribution in [0.1, 0.15) is 26.2 Å². The number of hydrogen-bond donors (Lipinski definition) is 1. The molecule has 0 saturated heterocycles. The summed E-state index contributed by atoms with van der Waals surface area (Å²) in [4.78, 5) is 0. The number of nitrogen functional groups attached to an aromatic ring is 1. The molecule has 1 rings (SSSR count). The largest absolute Gasteiger partial charge is 0.493 e. The minimum atomic E-state index is -4.14. The minimum Gasteiger partial charge on any atom is -0.493 e. The number of benzene rings is 1. The highest BCUT2D eigenvalue weighted by Gasteiger charge is 2.26. The first-order valence-corrected chi connectivity index (χ1v) is 6.14. The van der Waals surface area contributed by atoms with E-state index in [0.29, 0.717) is 23.8 Å². The zero-order valence-corrected chi connectivity index (χ0v) is 10.8. The van der Waals surface area contributed by atoms with E-state index in [1.54, 1.807) is 18.2 Å². The fraction of sp³-hybridized carbons (Fsp3) is 0.538. The third-order valence-electron chi connectivity index (χ3n) is 2.32. The Hall–Kier alpha value is -1.59. The van der Waals surface area contributed by atoms with Crippen molar-refractivity contribution >= 4 is 5.69 Å². The first-order valence-electron chi connectivity index (χ1n) is 6.14. The molecule has 0 fully saturated rings. The van der Waals surface area contributed by atoms with E-state index in [1.807, 2.05) is 6.92 Å². The van der Waals surface area contributed by atoms with Gasteiger partial charge in [-0.1, -0.05) is 6.92 Å². The van der Waals surface area contributed by atoms with Crippen molar-refractivity contribution < 1.29 is 22.6 Å². The molecule has 19 heavy (non-hydrogen) atoms. The van der Waals surface area contributed by atoms with Gasteiger partial charge in [0.15, 0.2) is 0 Å². The van der Waals surface area contributed by atoms with Crippen LogP contribution >= 0.6 is 0 Å². The minimum absolute atomic E-state index is 0.0106. The summed E-state index contributed by atoms with van der Waals surface area (Å²) in [6, 6.07) is 4.82. The number of anilines is 1. The van der Waals surface area contributed by atoms with E-state index in [9.17, 15) is 13.2 Å². The van der Waals surface area contributed by atoms with Crippen LogP contribution in [0.4, 0.5) is 18.9 Å². The highest BCUT2D eigenvalue weighted by molar-refractivity contribution is 5.55. The Bertz CT molecular complexity index is 394. The Labute approximate surface area is 110 Å². The van der Waals surface area contributed by atoms with E-state index < -0.39 is 12.6 Å². The van der Waals surface area contributed by atoms with Crippen molar-refractivity contribution in [2.75, 3.05) is 18.9 Å². The second-order valence-corrected chi connectivity index (χ2v) is 4.12. The molecule has 0 aliphatic rings. The third-order valence-corrected chi connectivity index (χ3v) is 2.32. The van der Waals surface area contributed by atoms with Gasteiger partial charge in [-0.05, 0) is 25.0 Å². The van der Waals surface area contributed by atoms with Crippen LogP contribution in [0.15, 0.2) is 18.2 Å². The summed E-state index contributed by atoms with van der Waals surface area (Å²) in [5.41, 5.74) is 6.20. The highest BCUT2D eigenvalue weighted by Crippen LogP contribution is 2.27. The lowest BCUT2D eigenvalue weighted by atomic mass is 10.2. The van der Waals surface area contributed by atoms with Crippen LogP contribution in [0.25, 0.3) is 0 Å². The molecule has 0 heterocycles. The molecule has 0 aliphatic carbocycles. The molecule has 0 spiro atoms. The van der Waals surface area contributed by atoms with Crippen LogP contribution in [0.2, 0.25) is 0 Å². The van der Waals surface area contributed by atoms with Gasteiger partial charge in [0.05, 0.1) is 18.9 Å². The average Bonchev–Trinajstić information content (AvgIpc) is 2.33. The predicted molar refractivity (Wildman–Crippen MR) is 67.4 cm³/mol. The Morgan fingerprint density at radius 2 is 1.89 bits per heavy atom. The quantitative estimate of drug-likeness (QED) is 0.609. The number of alkyl halides is 3. The van der Waals surface area contributed by atoms with Gasteiger partial charge in [0.1, 0.15) is 11.5 Å². The first kappa shape index (κ1) is 15.5. The normalized spacial score (nSPS) is 11.4. The molecule has 6 heteroatoms. The SMILES string of the molecule is CCCOc1cc(OCCCC(F)(F)F)ccc1N. The van der Waals surface area contributed by atoms with Crippen LogP contribution < -0.4 is 15.2 Å². The highest BCUT2D eigenvalue weighted by atomic mass is 19.4. The van der Waals surface area contributed by atoms with E-state index >= 15 is 0 Å². The van der Waals surface area contributed by atoms with Gasteiger partial charge >= 0.3 is 6.18 Å². The lowest BCUT2D eigenvalue weighted by molar-refractivity contribution is -0.136. The van der Waals surface area contributed by atoms with Crippen LogP contribution in [-0.4, -0.2) is 19.4 Å². The number of rotatable bonds is 7. The fourth-order valence-electron chi connectivity index (χ4n) is 1.40. The van der Waals surface area contributed by atoms with E-state index in [1.165, 1.54) is 0 Å². The summed E-state index contributed by atoms with van der Waals surface area (Å²) < 4.78 is 46.5. The molecule has 0 bridgehead atoms. The molecule has 0 atom stereocenters. The van der Waals surface area contributed by atoms with Gasteiger partial charge in [-0.3, -0.25) is 0 Å². The van der Waals surface area contributed by atoms with Gasteiger partial charge in [0.25, 0.3) is 0 Å². The van der Waals surface area contributed by atoms with Crippen molar-refractivity contribution in [3.8, 4) is 11.5 Å². The molecule has 1 aromatic carbocycles. The Morgan fingerprint density at radius 1 is 1.16 bits per heavy atom. The average molecular weight is 277 g/mol. The smallest absolute Gasteiger partial charge is 0.389 e. The summed E-state index contributed by atoms with van der Waals surface area (Å²) >= 11 is 0. The van der Waals surface area contributed by atoms with Crippen molar-refractivity contribution in [1.29, 1.82) is 0 Å². The molecule has 0 aromatic heterocycles. The van der Waals surface area contributed by atoms with Gasteiger partial charge in [0, 0.05) is 12.5 Å². The van der Waals surface area contributed by atoms with E-state index in [4.69, 9.17) is 15.2 Å². The molecular weight excluding hydrogens is 259 g/mol. The van der Waals surface area contributed by atoms with Crippen molar-refractivity contribution in [3.63, 3.8) is 0 Å². The van der Waals surface area contributed by atoms with Gasteiger partial charge in [-0.15, -0.1) is 0 Å². The molecule has 0 aliphatic heterocycles. The number of halogens is 3. The second-order valence-electron chi connectivity index (χ2n) is 4.12. The lowest BCUT2D eigenvalue weighted by Crippen LogP contribution is -2.09. The summed E-state index contributed by atoms with van der Waals surface area (Å²) in [6.07, 6.45) is -4.21. The molecule has 1 aromatic rings. The van der Waals surface area contributed by atoms with Crippen molar-refractivity contribution in [2.45, 2.75) is 32.4 Å².